The fraction of sp³-hybridized carbons (Fsp3) is 0.522. The number of nitrogens with one attached hydrogen (secondary N) is 5. The number of likely N-dealkylation sites (N-methyl/N-ethyl adjacent to an activating group) is 1. The van der Waals surface area contributed by atoms with E-state index in [0.29, 0.717) is 17.7 Å². The lowest BCUT2D eigenvalue weighted by Gasteiger charge is -2.42. The summed E-state index contributed by atoms with van der Waals surface area (Å²) >= 11 is 0. The number of fused-ring (bicyclic) bond motifs is 3. The van der Waals surface area contributed by atoms with Crippen LogP contribution in [-0.4, -0.2) is 101 Å². The second-order valence-corrected chi connectivity index (χ2v) is 25.9. The molecule has 444 valence electrons. The fourth-order valence-electron chi connectivity index (χ4n) is 12.4. The van der Waals surface area contributed by atoms with Gasteiger partial charge in [-0.2, -0.15) is 0 Å². The van der Waals surface area contributed by atoms with E-state index in [0.717, 1.165) is 66.3 Å². The Morgan fingerprint density at radius 3 is 1.73 bits per heavy atom. The summed E-state index contributed by atoms with van der Waals surface area (Å²) < 4.78 is 0. The second-order valence-electron chi connectivity index (χ2n) is 25.9. The van der Waals surface area contributed by atoms with Crippen molar-refractivity contribution in [1.29, 1.82) is 0 Å². The van der Waals surface area contributed by atoms with Gasteiger partial charge in [-0.3, -0.25) is 38.4 Å². The summed E-state index contributed by atoms with van der Waals surface area (Å²) in [6, 6.07) is 24.5. The van der Waals surface area contributed by atoms with Crippen LogP contribution in [0.25, 0.3) is 0 Å². The van der Waals surface area contributed by atoms with Crippen LogP contribution in [0.5, 0.6) is 0 Å². The van der Waals surface area contributed by atoms with Crippen molar-refractivity contribution in [2.75, 3.05) is 18.5 Å². The number of aryl methyl sites for hydroxylation is 2. The molecular weight excluding hydrogens is 1040 g/mol. The summed E-state index contributed by atoms with van der Waals surface area (Å²) in [5.41, 5.74) is 6.62. The van der Waals surface area contributed by atoms with Crippen LogP contribution in [0.4, 0.5) is 5.69 Å². The minimum absolute atomic E-state index is 0.0761. The van der Waals surface area contributed by atoms with Crippen molar-refractivity contribution in [3.05, 3.63) is 136 Å². The molecule has 3 unspecified atom stereocenters. The predicted molar refractivity (Wildman–Crippen MR) is 322 cm³/mol. The SMILES string of the molecule is CC[C@@H](C)C(=O)N[C@H](C(=O)N1Cc2cc(N(Cc3ccc(C(=O)CC4C[C@@H](C(=O)NC5CCCc6ccccc65)N(C(=O)[C@@H](NC(=O)[C@H](C)NC)C(C)(C)C)C4)cc3)C(C)=O)ccc2C[C@H]1C(=O)NC1CCCc2ccccc21)C(C)(C)C. The maximum Gasteiger partial charge on any atom is 0.246 e. The fourth-order valence-corrected chi connectivity index (χ4v) is 12.4. The lowest BCUT2D eigenvalue weighted by molar-refractivity contribution is -0.147. The van der Waals surface area contributed by atoms with Gasteiger partial charge in [-0.05, 0) is 133 Å². The molecule has 2 aliphatic heterocycles. The van der Waals surface area contributed by atoms with Crippen LogP contribution in [0.15, 0.2) is 91.0 Å². The molecule has 16 nitrogen and oxygen atoms in total. The Balaban J connectivity index is 0.998. The van der Waals surface area contributed by atoms with Crippen molar-refractivity contribution in [3.63, 3.8) is 0 Å². The molecule has 0 aromatic heterocycles. The third-order valence-corrected chi connectivity index (χ3v) is 17.7. The Labute approximate surface area is 491 Å². The first-order valence-electron chi connectivity index (χ1n) is 30.0. The molecule has 0 bridgehead atoms. The van der Waals surface area contributed by atoms with Gasteiger partial charge < -0.3 is 41.3 Å². The first kappa shape index (κ1) is 61.9. The molecule has 16 heteroatoms. The Kier molecular flexibility index (Phi) is 19.5. The molecule has 8 rings (SSSR count). The lowest BCUT2D eigenvalue weighted by atomic mass is 9.83. The van der Waals surface area contributed by atoms with Crippen LogP contribution in [0, 0.1) is 22.7 Å². The normalized spacial score (nSPS) is 20.9. The van der Waals surface area contributed by atoms with E-state index in [4.69, 9.17) is 0 Å². The van der Waals surface area contributed by atoms with Gasteiger partial charge in [0, 0.05) is 50.0 Å². The monoisotopic (exact) mass is 1130 g/mol. The van der Waals surface area contributed by atoms with Gasteiger partial charge in [0.2, 0.25) is 41.4 Å². The van der Waals surface area contributed by atoms with Crippen LogP contribution in [0.1, 0.15) is 176 Å². The molecule has 4 aliphatic rings. The zero-order valence-electron chi connectivity index (χ0n) is 50.7. The Hall–Kier alpha value is -7.20. The van der Waals surface area contributed by atoms with Gasteiger partial charge in [0.25, 0.3) is 0 Å². The van der Waals surface area contributed by atoms with Crippen molar-refractivity contribution in [1.82, 2.24) is 36.4 Å². The number of ketones is 1. The van der Waals surface area contributed by atoms with Crippen molar-refractivity contribution in [2.24, 2.45) is 22.7 Å². The van der Waals surface area contributed by atoms with E-state index in [1.807, 2.05) is 116 Å². The predicted octanol–water partition coefficient (Wildman–Crippen LogP) is 8.39. The van der Waals surface area contributed by atoms with E-state index in [1.54, 1.807) is 40.8 Å². The van der Waals surface area contributed by atoms with Crippen LogP contribution < -0.4 is 31.5 Å². The largest absolute Gasteiger partial charge is 0.347 e. The average molecular weight is 1130 g/mol. The molecule has 5 N–H and O–H groups in total. The molecule has 4 aromatic rings. The first-order chi connectivity index (χ1) is 39.4. The smallest absolute Gasteiger partial charge is 0.246 e. The Morgan fingerprint density at radius 1 is 0.651 bits per heavy atom. The summed E-state index contributed by atoms with van der Waals surface area (Å²) in [7, 11) is 1.67. The van der Waals surface area contributed by atoms with Gasteiger partial charge in [0.05, 0.1) is 24.7 Å². The van der Waals surface area contributed by atoms with Crippen molar-refractivity contribution in [2.45, 2.75) is 189 Å². The highest BCUT2D eigenvalue weighted by atomic mass is 16.2. The summed E-state index contributed by atoms with van der Waals surface area (Å²) in [4.78, 5) is 118. The van der Waals surface area contributed by atoms with Crippen molar-refractivity contribution >= 4 is 52.8 Å². The number of anilines is 1. The molecule has 0 radical (unpaired) electrons. The van der Waals surface area contributed by atoms with Crippen LogP contribution in [0.2, 0.25) is 0 Å². The highest BCUT2D eigenvalue weighted by molar-refractivity contribution is 5.98. The quantitative estimate of drug-likeness (QED) is 0.0606. The summed E-state index contributed by atoms with van der Waals surface area (Å²) in [6.07, 6.45) is 6.42. The maximum absolute atomic E-state index is 15.0. The van der Waals surface area contributed by atoms with E-state index in [2.05, 4.69) is 44.8 Å². The zero-order valence-corrected chi connectivity index (χ0v) is 50.7. The molecule has 4 aromatic carbocycles. The number of rotatable bonds is 18. The first-order valence-corrected chi connectivity index (χ1v) is 30.0. The van der Waals surface area contributed by atoms with Crippen molar-refractivity contribution in [3.8, 4) is 0 Å². The number of amides is 7. The number of carbonyl (C=O) groups is 8. The highest BCUT2D eigenvalue weighted by Crippen LogP contribution is 2.37. The van der Waals surface area contributed by atoms with Gasteiger partial charge >= 0.3 is 0 Å². The van der Waals surface area contributed by atoms with E-state index < -0.39 is 41.0 Å². The maximum atomic E-state index is 15.0. The van der Waals surface area contributed by atoms with E-state index in [9.17, 15) is 33.6 Å². The average Bonchev–Trinajstić information content (AvgIpc) is 3.31. The van der Waals surface area contributed by atoms with Gasteiger partial charge in [-0.25, -0.2) is 0 Å². The van der Waals surface area contributed by atoms with Crippen LogP contribution in [-0.2, 0) is 65.9 Å². The second kappa shape index (κ2) is 26.2. The van der Waals surface area contributed by atoms with E-state index >= 15 is 4.79 Å². The summed E-state index contributed by atoms with van der Waals surface area (Å²) in [5.74, 6) is -2.88. The number of benzene rings is 4. The number of hydrogen-bond acceptors (Lipinski definition) is 9. The summed E-state index contributed by atoms with van der Waals surface area (Å²) in [5, 5.41) is 15.5. The van der Waals surface area contributed by atoms with Gasteiger partial charge in [-0.15, -0.1) is 0 Å². The number of carbonyl (C=O) groups excluding carboxylic acids is 8. The lowest BCUT2D eigenvalue weighted by Crippen LogP contribution is -2.61. The van der Waals surface area contributed by atoms with Gasteiger partial charge in [0.15, 0.2) is 5.78 Å². The number of hydrogen-bond donors (Lipinski definition) is 5. The number of likely N-dealkylation sites (tertiary alicyclic amines) is 1. The van der Waals surface area contributed by atoms with E-state index in [1.165, 1.54) is 18.1 Å². The molecule has 1 fully saturated rings. The van der Waals surface area contributed by atoms with Crippen LogP contribution in [0.3, 0.4) is 0 Å². The molecule has 2 aliphatic carbocycles. The topological polar surface area (TPSA) is 206 Å². The number of nitrogens with zero attached hydrogens (tertiary/aromatic N) is 3. The molecule has 9 atom stereocenters. The molecular formula is C67H88N8O8. The number of Topliss-reactive ketones (excluding diaryl/α,β-unsaturated/α-hetero) is 1. The minimum atomic E-state index is -0.940. The third-order valence-electron chi connectivity index (χ3n) is 17.7. The summed E-state index contributed by atoms with van der Waals surface area (Å²) in [6.45, 7) is 18.7. The molecule has 2 heterocycles. The molecule has 0 saturated carbocycles. The molecule has 1 saturated heterocycles. The molecule has 7 amide bonds. The minimum Gasteiger partial charge on any atom is -0.347 e. The van der Waals surface area contributed by atoms with Gasteiger partial charge in [-0.1, -0.05) is 134 Å². The van der Waals surface area contributed by atoms with Crippen molar-refractivity contribution < 1.29 is 38.4 Å². The van der Waals surface area contributed by atoms with E-state index in [-0.39, 0.29) is 110 Å². The zero-order chi connectivity index (χ0) is 60.1. The van der Waals surface area contributed by atoms with Crippen LogP contribution >= 0.6 is 0 Å². The standard InChI is InChI=1S/C67H88N8O8/c1-12-40(2)60(78)71-58(66(5,6)7)65(83)75-39-49-35-50(32-31-48(49)36-56(75)63(81)70-54-26-18-22-46-20-14-16-24-52(46)54)73(42(4)76)37-43-27-29-47(30-28-43)57(77)34-44-33-55(62(80)69-53-25-17-21-45-19-13-15-23-51(45)53)74(38-44)64(82)59(67(8,9)10)72-61(79)41(3)68-11/h13-16,19-20,23-24,27-32,35,40-41,44,53-56,58-59,68H,12,17-18,21-22,25-26,33-34,36-39H2,1-11H3,(H,69,80)(H,70,81)(H,71,78)(H,72,79)/t40-,41+,44?,53?,54?,55+,56+,58-,59-/m1/s1. The molecule has 0 spiro atoms. The Morgan fingerprint density at radius 2 is 1.19 bits per heavy atom. The van der Waals surface area contributed by atoms with Gasteiger partial charge in [0.1, 0.15) is 24.2 Å². The highest BCUT2D eigenvalue weighted by Gasteiger charge is 2.47. The third kappa shape index (κ3) is 14.4. The Bertz CT molecular complexity index is 3070. The molecule has 83 heavy (non-hydrogen) atoms.